The zero-order valence-corrected chi connectivity index (χ0v) is 10.2. The van der Waals surface area contributed by atoms with Crippen LogP contribution in [-0.4, -0.2) is 18.3 Å². The van der Waals surface area contributed by atoms with E-state index in [4.69, 9.17) is 9.57 Å². The van der Waals surface area contributed by atoms with Crippen LogP contribution in [0.25, 0.3) is 0 Å². The van der Waals surface area contributed by atoms with E-state index in [0.717, 1.165) is 5.56 Å². The second-order valence-electron chi connectivity index (χ2n) is 3.57. The molecule has 0 unspecified atom stereocenters. The number of hydrogen-bond donors (Lipinski definition) is 0. The minimum Gasteiger partial charge on any atom is -0.466 e. The van der Waals surface area contributed by atoms with Crippen LogP contribution in [-0.2, 0) is 21.0 Å². The number of benzene rings is 1. The number of hydrogen-bond acceptors (Lipinski definition) is 4. The zero-order chi connectivity index (χ0) is 12.5. The zero-order valence-electron chi connectivity index (χ0n) is 10.2. The third kappa shape index (κ3) is 5.70. The van der Waals surface area contributed by atoms with Crippen LogP contribution in [0.5, 0.6) is 0 Å². The van der Waals surface area contributed by atoms with Gasteiger partial charge in [0.15, 0.2) is 0 Å². The first-order valence-corrected chi connectivity index (χ1v) is 5.57. The Morgan fingerprint density at radius 1 is 1.29 bits per heavy atom. The molecule has 0 saturated heterocycles. The fourth-order valence-electron chi connectivity index (χ4n) is 1.24. The van der Waals surface area contributed by atoms with Crippen LogP contribution in [0.4, 0.5) is 0 Å². The van der Waals surface area contributed by atoms with Crippen molar-refractivity contribution in [3.8, 4) is 0 Å². The largest absolute Gasteiger partial charge is 0.466 e. The van der Waals surface area contributed by atoms with E-state index in [2.05, 4.69) is 5.16 Å². The predicted molar refractivity (Wildman–Crippen MR) is 65.6 cm³/mol. The molecule has 0 heterocycles. The fourth-order valence-corrected chi connectivity index (χ4v) is 1.24. The highest BCUT2D eigenvalue weighted by Crippen LogP contribution is 2.01. The number of carbonyl (C=O) groups is 1. The summed E-state index contributed by atoms with van der Waals surface area (Å²) in [6.07, 6.45) is 0.169. The van der Waals surface area contributed by atoms with Crippen molar-refractivity contribution in [1.82, 2.24) is 0 Å². The Morgan fingerprint density at radius 2 is 2.00 bits per heavy atom. The van der Waals surface area contributed by atoms with Gasteiger partial charge < -0.3 is 9.57 Å². The highest BCUT2D eigenvalue weighted by molar-refractivity contribution is 5.97. The van der Waals surface area contributed by atoms with Crippen molar-refractivity contribution >= 4 is 11.7 Å². The number of oxime groups is 1. The lowest BCUT2D eigenvalue weighted by molar-refractivity contribution is -0.141. The molecule has 0 aromatic heterocycles. The Hall–Kier alpha value is -1.84. The van der Waals surface area contributed by atoms with Gasteiger partial charge in [-0.2, -0.15) is 0 Å². The molecule has 92 valence electrons. The summed E-state index contributed by atoms with van der Waals surface area (Å²) in [6.45, 7) is 4.30. The van der Waals surface area contributed by atoms with Crippen molar-refractivity contribution in [2.24, 2.45) is 5.16 Å². The Kier molecular flexibility index (Phi) is 5.79. The lowest BCUT2D eigenvalue weighted by atomic mass is 10.2. The molecule has 0 fully saturated rings. The van der Waals surface area contributed by atoms with Crippen LogP contribution in [0.2, 0.25) is 0 Å². The standard InChI is InChI=1S/C13H17NO3/c1-3-16-13(15)9-11(2)14-17-10-12-7-5-4-6-8-12/h4-8H,3,9-10H2,1-2H3/b14-11-. The van der Waals surface area contributed by atoms with Gasteiger partial charge in [-0.15, -0.1) is 0 Å². The Labute approximate surface area is 101 Å². The van der Waals surface area contributed by atoms with Gasteiger partial charge in [-0.1, -0.05) is 35.5 Å². The van der Waals surface area contributed by atoms with E-state index in [1.807, 2.05) is 30.3 Å². The average Bonchev–Trinajstić information content (AvgIpc) is 2.30. The van der Waals surface area contributed by atoms with E-state index in [9.17, 15) is 4.79 Å². The van der Waals surface area contributed by atoms with Gasteiger partial charge in [-0.25, -0.2) is 0 Å². The molecule has 0 aliphatic heterocycles. The van der Waals surface area contributed by atoms with Crippen molar-refractivity contribution < 1.29 is 14.4 Å². The summed E-state index contributed by atoms with van der Waals surface area (Å²) < 4.78 is 4.80. The first-order chi connectivity index (χ1) is 8.22. The number of carbonyl (C=O) groups excluding carboxylic acids is 1. The minimum absolute atomic E-state index is 0.169. The molecule has 0 saturated carbocycles. The summed E-state index contributed by atoms with van der Waals surface area (Å²) in [4.78, 5) is 16.3. The molecule has 0 spiro atoms. The van der Waals surface area contributed by atoms with Crippen LogP contribution in [0.1, 0.15) is 25.8 Å². The van der Waals surface area contributed by atoms with E-state index < -0.39 is 0 Å². The van der Waals surface area contributed by atoms with E-state index in [1.54, 1.807) is 13.8 Å². The van der Waals surface area contributed by atoms with Crippen LogP contribution < -0.4 is 0 Å². The van der Waals surface area contributed by atoms with E-state index in [1.165, 1.54) is 0 Å². The second kappa shape index (κ2) is 7.44. The van der Waals surface area contributed by atoms with Crippen LogP contribution in [0.3, 0.4) is 0 Å². The maximum Gasteiger partial charge on any atom is 0.311 e. The molecule has 0 bridgehead atoms. The molecule has 0 atom stereocenters. The molecule has 17 heavy (non-hydrogen) atoms. The van der Waals surface area contributed by atoms with Gasteiger partial charge >= 0.3 is 5.97 Å². The molecule has 4 nitrogen and oxygen atoms in total. The molecule has 0 radical (unpaired) electrons. The maximum atomic E-state index is 11.1. The van der Waals surface area contributed by atoms with Gasteiger partial charge in [0, 0.05) is 0 Å². The number of esters is 1. The van der Waals surface area contributed by atoms with Gasteiger partial charge in [0.1, 0.15) is 6.61 Å². The third-order valence-corrected chi connectivity index (χ3v) is 2.00. The maximum absolute atomic E-state index is 11.1. The summed E-state index contributed by atoms with van der Waals surface area (Å²) in [7, 11) is 0. The first-order valence-electron chi connectivity index (χ1n) is 5.57. The third-order valence-electron chi connectivity index (χ3n) is 2.00. The second-order valence-corrected chi connectivity index (χ2v) is 3.57. The van der Waals surface area contributed by atoms with Crippen LogP contribution in [0, 0.1) is 0 Å². The van der Waals surface area contributed by atoms with E-state index in [-0.39, 0.29) is 12.4 Å². The lowest BCUT2D eigenvalue weighted by Crippen LogP contribution is -2.09. The summed E-state index contributed by atoms with van der Waals surface area (Å²) in [5.41, 5.74) is 1.65. The average molecular weight is 235 g/mol. The van der Waals surface area contributed by atoms with Crippen molar-refractivity contribution in [3.05, 3.63) is 35.9 Å². The first kappa shape index (κ1) is 13.2. The molecule has 0 aliphatic carbocycles. The van der Waals surface area contributed by atoms with Crippen LogP contribution >= 0.6 is 0 Å². The highest BCUT2D eigenvalue weighted by atomic mass is 16.6. The van der Waals surface area contributed by atoms with E-state index in [0.29, 0.717) is 18.9 Å². The quantitative estimate of drug-likeness (QED) is 0.432. The van der Waals surface area contributed by atoms with Crippen LogP contribution in [0.15, 0.2) is 35.5 Å². The van der Waals surface area contributed by atoms with Gasteiger partial charge in [-0.3, -0.25) is 4.79 Å². The van der Waals surface area contributed by atoms with Gasteiger partial charge in [-0.05, 0) is 19.4 Å². The monoisotopic (exact) mass is 235 g/mol. The van der Waals surface area contributed by atoms with Gasteiger partial charge in [0.05, 0.1) is 18.7 Å². The SMILES string of the molecule is CCOC(=O)C/C(C)=N\OCc1ccccc1. The lowest BCUT2D eigenvalue weighted by Gasteiger charge is -2.02. The van der Waals surface area contributed by atoms with Crippen molar-refractivity contribution in [1.29, 1.82) is 0 Å². The highest BCUT2D eigenvalue weighted by Gasteiger charge is 2.04. The van der Waals surface area contributed by atoms with Gasteiger partial charge in [0.25, 0.3) is 0 Å². The number of ether oxygens (including phenoxy) is 1. The topological polar surface area (TPSA) is 47.9 Å². The summed E-state index contributed by atoms with van der Waals surface area (Å²) >= 11 is 0. The van der Waals surface area contributed by atoms with Gasteiger partial charge in [0.2, 0.25) is 0 Å². The molecule has 0 aliphatic rings. The smallest absolute Gasteiger partial charge is 0.311 e. The molecular weight excluding hydrogens is 218 g/mol. The Bertz CT molecular complexity index is 374. The molecular formula is C13H17NO3. The van der Waals surface area contributed by atoms with E-state index >= 15 is 0 Å². The molecule has 1 aromatic rings. The summed E-state index contributed by atoms with van der Waals surface area (Å²) in [5.74, 6) is -0.280. The number of nitrogens with zero attached hydrogens (tertiary/aromatic N) is 1. The minimum atomic E-state index is -0.280. The fraction of sp³-hybridized carbons (Fsp3) is 0.385. The molecule has 1 rings (SSSR count). The normalized spacial score (nSPS) is 11.1. The molecule has 0 amide bonds. The number of rotatable bonds is 6. The van der Waals surface area contributed by atoms with Crippen molar-refractivity contribution in [2.75, 3.05) is 6.61 Å². The molecule has 0 N–H and O–H groups in total. The predicted octanol–water partition coefficient (Wildman–Crippen LogP) is 2.53. The molecule has 4 heteroatoms. The summed E-state index contributed by atoms with van der Waals surface area (Å²) in [6, 6.07) is 9.73. The van der Waals surface area contributed by atoms with Crippen molar-refractivity contribution in [2.45, 2.75) is 26.9 Å². The Morgan fingerprint density at radius 3 is 2.65 bits per heavy atom. The summed E-state index contributed by atoms with van der Waals surface area (Å²) in [5, 5.41) is 3.86. The van der Waals surface area contributed by atoms with Crippen molar-refractivity contribution in [3.63, 3.8) is 0 Å². The Balaban J connectivity index is 2.31. The molecule has 1 aromatic carbocycles.